The van der Waals surface area contributed by atoms with Gasteiger partial charge in [0.05, 0.1) is 6.04 Å². The van der Waals surface area contributed by atoms with Crippen LogP contribution in [0.3, 0.4) is 0 Å². The molecular weight excluding hydrogens is 196 g/mol. The van der Waals surface area contributed by atoms with Gasteiger partial charge in [0.25, 0.3) is 0 Å². The van der Waals surface area contributed by atoms with Crippen LogP contribution >= 0.6 is 0 Å². The van der Waals surface area contributed by atoms with Crippen LogP contribution in [-0.4, -0.2) is 25.7 Å². The molecule has 1 fully saturated rings. The maximum absolute atomic E-state index is 3.49. The summed E-state index contributed by atoms with van der Waals surface area (Å²) in [6.07, 6.45) is 3.46. The van der Waals surface area contributed by atoms with E-state index in [1.807, 2.05) is 0 Å². The Morgan fingerprint density at radius 1 is 1.31 bits per heavy atom. The van der Waals surface area contributed by atoms with E-state index in [0.29, 0.717) is 6.04 Å². The lowest BCUT2D eigenvalue weighted by Gasteiger charge is -2.38. The van der Waals surface area contributed by atoms with Crippen LogP contribution in [0.1, 0.15) is 12.5 Å². The molecule has 1 aromatic rings. The number of para-hydroxylation sites is 1. The number of nitrogens with one attached hydrogen (secondary N) is 1. The van der Waals surface area contributed by atoms with Crippen molar-refractivity contribution in [2.45, 2.75) is 19.4 Å². The number of rotatable bonds is 0. The third-order valence-corrected chi connectivity index (χ3v) is 3.71. The maximum Gasteiger partial charge on any atom is 0.0625 e. The Balaban J connectivity index is 2.07. The molecule has 2 aliphatic heterocycles. The van der Waals surface area contributed by atoms with Crippen molar-refractivity contribution in [1.82, 2.24) is 5.32 Å². The first kappa shape index (κ1) is 9.91. The number of benzene rings is 1. The minimum atomic E-state index is 0.553. The number of hydrogen-bond acceptors (Lipinski definition) is 2. The van der Waals surface area contributed by atoms with Crippen molar-refractivity contribution in [1.29, 1.82) is 0 Å². The fourth-order valence-electron chi connectivity index (χ4n) is 2.77. The summed E-state index contributed by atoms with van der Waals surface area (Å²) in [6.45, 7) is 5.55. The van der Waals surface area contributed by atoms with E-state index in [1.54, 1.807) is 0 Å². The number of fused-ring (bicyclic) bond motifs is 3. The van der Waals surface area contributed by atoms with E-state index >= 15 is 0 Å². The van der Waals surface area contributed by atoms with Crippen LogP contribution in [0.2, 0.25) is 0 Å². The Hall–Kier alpha value is -1.28. The van der Waals surface area contributed by atoms with Crippen molar-refractivity contribution in [2.24, 2.45) is 0 Å². The van der Waals surface area contributed by atoms with Gasteiger partial charge < -0.3 is 10.2 Å². The van der Waals surface area contributed by atoms with E-state index in [0.717, 1.165) is 26.1 Å². The summed E-state index contributed by atoms with van der Waals surface area (Å²) in [7, 11) is 0. The van der Waals surface area contributed by atoms with Gasteiger partial charge in [-0.1, -0.05) is 29.8 Å². The molecule has 0 amide bonds. The Morgan fingerprint density at radius 3 is 3.12 bits per heavy atom. The van der Waals surface area contributed by atoms with Crippen molar-refractivity contribution >= 4 is 5.69 Å². The highest BCUT2D eigenvalue weighted by Crippen LogP contribution is 2.29. The van der Waals surface area contributed by atoms with Crippen LogP contribution in [-0.2, 0) is 6.42 Å². The molecule has 1 aromatic carbocycles. The number of allylic oxidation sites excluding steroid dienone is 1. The molecule has 1 saturated heterocycles. The lowest BCUT2D eigenvalue weighted by molar-refractivity contribution is 0.516. The predicted octanol–water partition coefficient (Wildman–Crippen LogP) is 1.97. The fraction of sp³-hybridized carbons (Fsp3) is 0.429. The first-order valence-electron chi connectivity index (χ1n) is 6.08. The molecule has 0 spiro atoms. The summed E-state index contributed by atoms with van der Waals surface area (Å²) in [5.41, 5.74) is 4.40. The average Bonchev–Trinajstić information content (AvgIpc) is 2.49. The lowest BCUT2D eigenvalue weighted by atomic mass is 10.1. The highest BCUT2D eigenvalue weighted by Gasteiger charge is 2.26. The molecule has 0 saturated carbocycles. The van der Waals surface area contributed by atoms with Gasteiger partial charge in [0.15, 0.2) is 0 Å². The van der Waals surface area contributed by atoms with Crippen molar-refractivity contribution in [3.8, 4) is 0 Å². The largest absolute Gasteiger partial charge is 0.362 e. The second kappa shape index (κ2) is 3.95. The van der Waals surface area contributed by atoms with Crippen LogP contribution in [0, 0.1) is 0 Å². The van der Waals surface area contributed by atoms with E-state index in [2.05, 4.69) is 47.5 Å². The smallest absolute Gasteiger partial charge is 0.0625 e. The third kappa shape index (κ3) is 1.54. The van der Waals surface area contributed by atoms with Crippen molar-refractivity contribution in [3.05, 3.63) is 41.5 Å². The number of piperazine rings is 1. The van der Waals surface area contributed by atoms with Gasteiger partial charge in [0, 0.05) is 25.3 Å². The van der Waals surface area contributed by atoms with Gasteiger partial charge in [-0.15, -0.1) is 0 Å². The zero-order valence-corrected chi connectivity index (χ0v) is 9.74. The molecular formula is C14H18N2. The SMILES string of the molecule is CC1=CCc2ccccc2N2CCNCC12. The summed E-state index contributed by atoms with van der Waals surface area (Å²) in [6, 6.07) is 9.37. The van der Waals surface area contributed by atoms with Gasteiger partial charge >= 0.3 is 0 Å². The molecule has 0 radical (unpaired) electrons. The molecule has 0 aliphatic carbocycles. The molecule has 2 aliphatic rings. The number of hydrogen-bond donors (Lipinski definition) is 1. The molecule has 0 bridgehead atoms. The lowest BCUT2D eigenvalue weighted by Crippen LogP contribution is -2.51. The molecule has 2 heteroatoms. The van der Waals surface area contributed by atoms with E-state index < -0.39 is 0 Å². The van der Waals surface area contributed by atoms with E-state index in [4.69, 9.17) is 0 Å². The van der Waals surface area contributed by atoms with E-state index in [-0.39, 0.29) is 0 Å². The van der Waals surface area contributed by atoms with Crippen molar-refractivity contribution in [3.63, 3.8) is 0 Å². The topological polar surface area (TPSA) is 15.3 Å². The summed E-state index contributed by atoms with van der Waals surface area (Å²) >= 11 is 0. The standard InChI is InChI=1S/C14H18N2/c1-11-6-7-12-4-2-3-5-13(12)16-9-8-15-10-14(11)16/h2-6,14-15H,7-10H2,1H3. The summed E-state index contributed by atoms with van der Waals surface area (Å²) < 4.78 is 0. The van der Waals surface area contributed by atoms with Crippen LogP contribution < -0.4 is 10.2 Å². The summed E-state index contributed by atoms with van der Waals surface area (Å²) in [5, 5.41) is 3.49. The predicted molar refractivity (Wildman–Crippen MR) is 67.9 cm³/mol. The first-order valence-corrected chi connectivity index (χ1v) is 6.08. The normalized spacial score (nSPS) is 24.2. The molecule has 16 heavy (non-hydrogen) atoms. The van der Waals surface area contributed by atoms with Gasteiger partial charge in [-0.2, -0.15) is 0 Å². The van der Waals surface area contributed by atoms with Crippen LogP contribution in [0.5, 0.6) is 0 Å². The zero-order chi connectivity index (χ0) is 11.0. The molecule has 1 N–H and O–H groups in total. The van der Waals surface area contributed by atoms with Gasteiger partial charge in [-0.25, -0.2) is 0 Å². The molecule has 3 rings (SSSR count). The average molecular weight is 214 g/mol. The molecule has 2 nitrogen and oxygen atoms in total. The first-order chi connectivity index (χ1) is 7.86. The molecule has 0 aromatic heterocycles. The Morgan fingerprint density at radius 2 is 2.19 bits per heavy atom. The minimum absolute atomic E-state index is 0.553. The van der Waals surface area contributed by atoms with Gasteiger partial charge in [0.1, 0.15) is 0 Å². The molecule has 1 unspecified atom stereocenters. The highest BCUT2D eigenvalue weighted by atomic mass is 15.2. The van der Waals surface area contributed by atoms with E-state index in [9.17, 15) is 0 Å². The second-order valence-electron chi connectivity index (χ2n) is 4.69. The van der Waals surface area contributed by atoms with Crippen molar-refractivity contribution in [2.75, 3.05) is 24.5 Å². The van der Waals surface area contributed by atoms with Crippen LogP contribution in [0.4, 0.5) is 5.69 Å². The van der Waals surface area contributed by atoms with E-state index in [1.165, 1.54) is 16.8 Å². The van der Waals surface area contributed by atoms with Gasteiger partial charge in [0.2, 0.25) is 0 Å². The highest BCUT2D eigenvalue weighted by molar-refractivity contribution is 5.58. The Kier molecular flexibility index (Phi) is 2.44. The zero-order valence-electron chi connectivity index (χ0n) is 9.74. The molecule has 2 heterocycles. The second-order valence-corrected chi connectivity index (χ2v) is 4.69. The number of anilines is 1. The molecule has 84 valence electrons. The monoisotopic (exact) mass is 214 g/mol. The minimum Gasteiger partial charge on any atom is -0.362 e. The summed E-state index contributed by atoms with van der Waals surface area (Å²) in [5.74, 6) is 0. The van der Waals surface area contributed by atoms with Gasteiger partial charge in [-0.3, -0.25) is 0 Å². The van der Waals surface area contributed by atoms with Crippen LogP contribution in [0.15, 0.2) is 35.9 Å². The fourth-order valence-corrected chi connectivity index (χ4v) is 2.77. The molecule has 1 atom stereocenters. The third-order valence-electron chi connectivity index (χ3n) is 3.71. The van der Waals surface area contributed by atoms with Crippen molar-refractivity contribution < 1.29 is 0 Å². The number of nitrogens with zero attached hydrogens (tertiary/aromatic N) is 1. The quantitative estimate of drug-likeness (QED) is 0.664. The Labute approximate surface area is 97.0 Å². The van der Waals surface area contributed by atoms with Gasteiger partial charge in [-0.05, 0) is 25.0 Å². The Bertz CT molecular complexity index is 422. The maximum atomic E-state index is 3.49. The summed E-state index contributed by atoms with van der Waals surface area (Å²) in [4.78, 5) is 2.56. The van der Waals surface area contributed by atoms with Crippen LogP contribution in [0.25, 0.3) is 0 Å².